The molecule has 3 atom stereocenters. The molecule has 2 fully saturated rings. The molecule has 2 aliphatic rings. The summed E-state index contributed by atoms with van der Waals surface area (Å²) in [6, 6.07) is 12.5. The number of aliphatic carboxylic acids is 1. The number of nitrogens with one attached hydrogen (secondary N) is 1. The number of nitrogens with zero attached hydrogens (tertiary/aromatic N) is 2. The minimum atomic E-state index is -5.08. The number of ether oxygens (including phenoxy) is 2. The van der Waals surface area contributed by atoms with Crippen molar-refractivity contribution in [1.29, 1.82) is 0 Å². The van der Waals surface area contributed by atoms with Gasteiger partial charge in [0.2, 0.25) is 0 Å². The zero-order valence-corrected chi connectivity index (χ0v) is 22.2. The van der Waals surface area contributed by atoms with E-state index in [0.717, 1.165) is 43.7 Å². The van der Waals surface area contributed by atoms with Crippen LogP contribution in [0.5, 0.6) is 11.5 Å². The maximum Gasteiger partial charge on any atom is 0.490 e. The SMILES string of the molecule is COc1ccc(C23CCC(NC(=O)N(C)c4ccc(F)cc4)CC2N(C)CC3)cc1OC.O=C(O)C(F)(F)F. The highest BCUT2D eigenvalue weighted by Gasteiger charge is 2.50. The third-order valence-electron chi connectivity index (χ3n) is 7.57. The molecule has 1 aliphatic heterocycles. The van der Waals surface area contributed by atoms with E-state index < -0.39 is 12.1 Å². The summed E-state index contributed by atoms with van der Waals surface area (Å²) in [5.74, 6) is -1.58. The van der Waals surface area contributed by atoms with Gasteiger partial charge in [0.15, 0.2) is 11.5 Å². The summed E-state index contributed by atoms with van der Waals surface area (Å²) < 4.78 is 55.9. The van der Waals surface area contributed by atoms with Crippen molar-refractivity contribution in [3.8, 4) is 11.5 Å². The standard InChI is InChI=1S/C25H32FN3O3.C2HF3O2/c1-28-14-13-25(17-5-10-21(31-3)22(15-17)32-4)12-11-19(16-23(25)28)27-24(30)29(2)20-8-6-18(26)7-9-20;3-2(4,5)1(6)7/h5-10,15,19,23H,11-14,16H2,1-4H3,(H,27,30);(H,6,7). The van der Waals surface area contributed by atoms with Crippen molar-refractivity contribution in [3.63, 3.8) is 0 Å². The van der Waals surface area contributed by atoms with Crippen LogP contribution in [0.2, 0.25) is 0 Å². The van der Waals surface area contributed by atoms with Gasteiger partial charge in [-0.1, -0.05) is 6.07 Å². The third kappa shape index (κ3) is 6.73. The fourth-order valence-electron chi connectivity index (χ4n) is 5.45. The van der Waals surface area contributed by atoms with E-state index in [1.165, 1.54) is 22.6 Å². The molecule has 1 aliphatic carbocycles. The zero-order valence-electron chi connectivity index (χ0n) is 22.2. The number of carboxylic acids is 1. The highest BCUT2D eigenvalue weighted by Crippen LogP contribution is 2.49. The molecular formula is C27H33F4N3O5. The molecule has 1 saturated heterocycles. The quantitative estimate of drug-likeness (QED) is 0.515. The van der Waals surface area contributed by atoms with Gasteiger partial charge in [0.25, 0.3) is 0 Å². The van der Waals surface area contributed by atoms with E-state index in [0.29, 0.717) is 11.7 Å². The summed E-state index contributed by atoms with van der Waals surface area (Å²) >= 11 is 0. The van der Waals surface area contributed by atoms with E-state index in [9.17, 15) is 22.4 Å². The lowest BCUT2D eigenvalue weighted by molar-refractivity contribution is -0.192. The van der Waals surface area contributed by atoms with E-state index >= 15 is 0 Å². The fraction of sp³-hybridized carbons (Fsp3) is 0.481. The zero-order chi connectivity index (χ0) is 29.0. The van der Waals surface area contributed by atoms with Gasteiger partial charge in [0, 0.05) is 30.2 Å². The van der Waals surface area contributed by atoms with Crippen LogP contribution in [0.1, 0.15) is 31.2 Å². The number of halogens is 4. The molecule has 39 heavy (non-hydrogen) atoms. The second-order valence-corrected chi connectivity index (χ2v) is 9.73. The number of carboxylic acid groups (broad SMARTS) is 1. The van der Waals surface area contributed by atoms with Crippen LogP contribution in [-0.4, -0.2) is 75.1 Å². The van der Waals surface area contributed by atoms with Crippen LogP contribution in [0.15, 0.2) is 42.5 Å². The summed E-state index contributed by atoms with van der Waals surface area (Å²) in [5, 5.41) is 10.3. The number of likely N-dealkylation sites (N-methyl/N-ethyl adjacent to an activating group) is 1. The minimum absolute atomic E-state index is 0.0401. The molecule has 0 spiro atoms. The predicted octanol–water partition coefficient (Wildman–Crippen LogP) is 4.82. The van der Waals surface area contributed by atoms with Crippen LogP contribution >= 0.6 is 0 Å². The number of urea groups is 1. The number of rotatable bonds is 5. The molecule has 1 saturated carbocycles. The molecule has 214 valence electrons. The molecule has 1 heterocycles. The number of alkyl halides is 3. The average molecular weight is 556 g/mol. The van der Waals surface area contributed by atoms with Gasteiger partial charge >= 0.3 is 18.2 Å². The summed E-state index contributed by atoms with van der Waals surface area (Å²) in [6.45, 7) is 1.02. The van der Waals surface area contributed by atoms with Crippen molar-refractivity contribution >= 4 is 17.7 Å². The molecule has 2 amide bonds. The number of likely N-dealkylation sites (tertiary alicyclic amines) is 1. The fourth-order valence-corrected chi connectivity index (χ4v) is 5.45. The first-order chi connectivity index (χ1) is 18.3. The lowest BCUT2D eigenvalue weighted by Gasteiger charge is -2.45. The maximum atomic E-state index is 13.2. The summed E-state index contributed by atoms with van der Waals surface area (Å²) in [6.07, 6.45) is -1.22. The highest BCUT2D eigenvalue weighted by atomic mass is 19.4. The van der Waals surface area contributed by atoms with Crippen molar-refractivity contribution in [2.45, 2.75) is 49.4 Å². The van der Waals surface area contributed by atoms with Gasteiger partial charge in [-0.05, 0) is 81.2 Å². The second kappa shape index (κ2) is 12.1. The van der Waals surface area contributed by atoms with Crippen LogP contribution < -0.4 is 19.7 Å². The Morgan fingerprint density at radius 3 is 2.26 bits per heavy atom. The minimum Gasteiger partial charge on any atom is -0.493 e. The molecular weight excluding hydrogens is 522 g/mol. The molecule has 12 heteroatoms. The molecule has 2 aromatic rings. The number of hydrogen-bond donors (Lipinski definition) is 2. The number of benzene rings is 2. The number of anilines is 1. The van der Waals surface area contributed by atoms with Crippen LogP contribution in [0.4, 0.5) is 28.0 Å². The van der Waals surface area contributed by atoms with Crippen molar-refractivity contribution in [2.24, 2.45) is 0 Å². The van der Waals surface area contributed by atoms with Crippen LogP contribution in [-0.2, 0) is 10.2 Å². The Bertz CT molecular complexity index is 1160. The first kappa shape index (κ1) is 30.0. The molecule has 4 rings (SSSR count). The Morgan fingerprint density at radius 2 is 1.69 bits per heavy atom. The Kier molecular flexibility index (Phi) is 9.31. The van der Waals surface area contributed by atoms with E-state index in [1.54, 1.807) is 33.4 Å². The Labute approximate surface area is 224 Å². The Balaban J connectivity index is 0.000000532. The van der Waals surface area contributed by atoms with Crippen molar-refractivity contribution in [3.05, 3.63) is 53.8 Å². The first-order valence-electron chi connectivity index (χ1n) is 12.3. The van der Waals surface area contributed by atoms with Crippen molar-refractivity contribution < 1.29 is 41.7 Å². The van der Waals surface area contributed by atoms with Gasteiger partial charge < -0.3 is 24.8 Å². The van der Waals surface area contributed by atoms with Gasteiger partial charge in [-0.2, -0.15) is 13.2 Å². The van der Waals surface area contributed by atoms with E-state index in [2.05, 4.69) is 29.4 Å². The second-order valence-electron chi connectivity index (χ2n) is 9.73. The van der Waals surface area contributed by atoms with Crippen LogP contribution in [0.3, 0.4) is 0 Å². The Morgan fingerprint density at radius 1 is 1.08 bits per heavy atom. The lowest BCUT2D eigenvalue weighted by atomic mass is 9.65. The summed E-state index contributed by atoms with van der Waals surface area (Å²) in [7, 11) is 7.20. The van der Waals surface area contributed by atoms with Gasteiger partial charge in [-0.25, -0.2) is 14.0 Å². The number of fused-ring (bicyclic) bond motifs is 1. The molecule has 2 aromatic carbocycles. The first-order valence-corrected chi connectivity index (χ1v) is 12.3. The largest absolute Gasteiger partial charge is 0.493 e. The van der Waals surface area contributed by atoms with Gasteiger partial charge in [0.05, 0.1) is 14.2 Å². The van der Waals surface area contributed by atoms with E-state index in [1.807, 2.05) is 6.07 Å². The smallest absolute Gasteiger partial charge is 0.490 e. The number of amides is 2. The molecule has 0 aromatic heterocycles. The van der Waals surface area contributed by atoms with Crippen molar-refractivity contribution in [2.75, 3.05) is 39.8 Å². The number of hydrogen-bond acceptors (Lipinski definition) is 5. The predicted molar refractivity (Wildman–Crippen MR) is 137 cm³/mol. The summed E-state index contributed by atoms with van der Waals surface area (Å²) in [5.41, 5.74) is 1.98. The van der Waals surface area contributed by atoms with Gasteiger partial charge in [0.1, 0.15) is 5.82 Å². The number of carbonyl (C=O) groups excluding carboxylic acids is 1. The van der Waals surface area contributed by atoms with E-state index in [4.69, 9.17) is 19.4 Å². The van der Waals surface area contributed by atoms with Gasteiger partial charge in [-0.3, -0.25) is 4.90 Å². The molecule has 0 radical (unpaired) electrons. The van der Waals surface area contributed by atoms with Gasteiger partial charge in [-0.15, -0.1) is 0 Å². The average Bonchev–Trinajstić information content (AvgIpc) is 3.24. The van der Waals surface area contributed by atoms with Crippen LogP contribution in [0, 0.1) is 5.82 Å². The highest BCUT2D eigenvalue weighted by molar-refractivity contribution is 5.91. The van der Waals surface area contributed by atoms with E-state index in [-0.39, 0.29) is 23.3 Å². The number of methoxy groups -OCH3 is 2. The van der Waals surface area contributed by atoms with Crippen LogP contribution in [0.25, 0.3) is 0 Å². The maximum absolute atomic E-state index is 13.2. The lowest BCUT2D eigenvalue weighted by Crippen LogP contribution is -2.53. The number of carbonyl (C=O) groups is 2. The molecule has 8 nitrogen and oxygen atoms in total. The third-order valence-corrected chi connectivity index (χ3v) is 7.57. The molecule has 3 unspecified atom stereocenters. The monoisotopic (exact) mass is 555 g/mol. The molecule has 2 N–H and O–H groups in total. The summed E-state index contributed by atoms with van der Waals surface area (Å²) in [4.78, 5) is 25.7. The molecule has 0 bridgehead atoms. The van der Waals surface area contributed by atoms with Crippen molar-refractivity contribution in [1.82, 2.24) is 10.2 Å². The normalized spacial score (nSPS) is 22.7. The topological polar surface area (TPSA) is 91.3 Å². The Hall–Kier alpha value is -3.54.